The number of hydrogen-bond donors (Lipinski definition) is 0. The second-order valence-electron chi connectivity index (χ2n) is 5.09. The standard InChI is InChI=1S/C17H17FN2O.ClH/c18-16-9-5-4-8-15(16)17(21)20-12-10-19(11-13-20)14-6-2-1-3-7-14;/h1-9H,10-13H2;1H/p-1. The molecule has 1 aliphatic rings. The van der Waals surface area contributed by atoms with E-state index in [0.29, 0.717) is 13.1 Å². The molecular formula is C17H17ClFN2O-. The number of nitrogens with zero attached hydrogens (tertiary/aromatic N) is 2. The zero-order chi connectivity index (χ0) is 14.7. The van der Waals surface area contributed by atoms with Crippen LogP contribution in [0.3, 0.4) is 0 Å². The maximum absolute atomic E-state index is 13.7. The maximum atomic E-state index is 13.7. The molecule has 5 heteroatoms. The summed E-state index contributed by atoms with van der Waals surface area (Å²) in [5, 5.41) is 0. The van der Waals surface area contributed by atoms with Crippen molar-refractivity contribution >= 4 is 11.6 Å². The van der Waals surface area contributed by atoms with Crippen molar-refractivity contribution in [3.05, 3.63) is 66.0 Å². The Morgan fingerprint density at radius 3 is 2.09 bits per heavy atom. The third-order valence-electron chi connectivity index (χ3n) is 3.79. The van der Waals surface area contributed by atoms with Gasteiger partial charge in [-0.15, -0.1) is 0 Å². The van der Waals surface area contributed by atoms with Crippen LogP contribution in [0.1, 0.15) is 10.4 Å². The predicted molar refractivity (Wildman–Crippen MR) is 81.0 cm³/mol. The average molecular weight is 320 g/mol. The summed E-state index contributed by atoms with van der Waals surface area (Å²) in [6.07, 6.45) is 0. The van der Waals surface area contributed by atoms with E-state index in [-0.39, 0.29) is 23.9 Å². The van der Waals surface area contributed by atoms with Gasteiger partial charge in [-0.2, -0.15) is 0 Å². The molecule has 1 heterocycles. The number of halogens is 2. The molecule has 0 aromatic heterocycles. The topological polar surface area (TPSA) is 23.6 Å². The number of anilines is 1. The Labute approximate surface area is 135 Å². The highest BCUT2D eigenvalue weighted by Gasteiger charge is 2.23. The number of para-hydroxylation sites is 1. The molecule has 3 rings (SSSR count). The molecule has 2 aromatic carbocycles. The number of piperazine rings is 1. The maximum Gasteiger partial charge on any atom is 0.256 e. The van der Waals surface area contributed by atoms with Gasteiger partial charge in [0.25, 0.3) is 5.91 Å². The Morgan fingerprint density at radius 1 is 0.864 bits per heavy atom. The van der Waals surface area contributed by atoms with Gasteiger partial charge in [-0.3, -0.25) is 4.79 Å². The number of benzene rings is 2. The third kappa shape index (κ3) is 3.39. The van der Waals surface area contributed by atoms with Crippen LogP contribution >= 0.6 is 0 Å². The fourth-order valence-corrected chi connectivity index (χ4v) is 2.61. The Balaban J connectivity index is 0.00000176. The van der Waals surface area contributed by atoms with Crippen molar-refractivity contribution in [1.82, 2.24) is 4.90 Å². The second kappa shape index (κ2) is 7.27. The summed E-state index contributed by atoms with van der Waals surface area (Å²) in [7, 11) is 0. The van der Waals surface area contributed by atoms with Crippen molar-refractivity contribution in [2.45, 2.75) is 0 Å². The lowest BCUT2D eigenvalue weighted by molar-refractivity contribution is -0.0000151. The SMILES string of the molecule is O=C(c1ccccc1F)N1CCN(c2ccccc2)CC1.[Cl-]. The highest BCUT2D eigenvalue weighted by atomic mass is 35.5. The summed E-state index contributed by atoms with van der Waals surface area (Å²) in [4.78, 5) is 16.3. The van der Waals surface area contributed by atoms with Crippen LogP contribution in [0.4, 0.5) is 10.1 Å². The van der Waals surface area contributed by atoms with E-state index >= 15 is 0 Å². The average Bonchev–Trinajstić information content (AvgIpc) is 2.56. The van der Waals surface area contributed by atoms with Crippen LogP contribution in [-0.2, 0) is 0 Å². The molecule has 1 aliphatic heterocycles. The van der Waals surface area contributed by atoms with Gasteiger partial charge < -0.3 is 22.2 Å². The molecule has 0 bridgehead atoms. The van der Waals surface area contributed by atoms with E-state index in [0.717, 1.165) is 18.8 Å². The lowest BCUT2D eigenvalue weighted by Crippen LogP contribution is -3.00. The minimum absolute atomic E-state index is 0. The van der Waals surface area contributed by atoms with Gasteiger partial charge in [0.1, 0.15) is 5.82 Å². The summed E-state index contributed by atoms with van der Waals surface area (Å²) in [6.45, 7) is 2.76. The molecule has 0 saturated carbocycles. The van der Waals surface area contributed by atoms with Crippen molar-refractivity contribution in [2.24, 2.45) is 0 Å². The smallest absolute Gasteiger partial charge is 0.256 e. The Hall–Kier alpha value is -2.07. The minimum atomic E-state index is -0.451. The highest BCUT2D eigenvalue weighted by Crippen LogP contribution is 2.17. The molecule has 22 heavy (non-hydrogen) atoms. The minimum Gasteiger partial charge on any atom is -1.00 e. The van der Waals surface area contributed by atoms with Crippen LogP contribution in [0.5, 0.6) is 0 Å². The molecule has 0 aliphatic carbocycles. The van der Waals surface area contributed by atoms with E-state index in [4.69, 9.17) is 0 Å². The van der Waals surface area contributed by atoms with Crippen molar-refractivity contribution in [2.75, 3.05) is 31.1 Å². The van der Waals surface area contributed by atoms with Gasteiger partial charge in [-0.25, -0.2) is 4.39 Å². The highest BCUT2D eigenvalue weighted by molar-refractivity contribution is 5.94. The molecular weight excluding hydrogens is 303 g/mol. The van der Waals surface area contributed by atoms with Crippen LogP contribution in [0.25, 0.3) is 0 Å². The number of carbonyl (C=O) groups is 1. The van der Waals surface area contributed by atoms with E-state index in [1.807, 2.05) is 18.2 Å². The molecule has 0 N–H and O–H groups in total. The number of amides is 1. The van der Waals surface area contributed by atoms with Crippen LogP contribution in [0.15, 0.2) is 54.6 Å². The fraction of sp³-hybridized carbons (Fsp3) is 0.235. The van der Waals surface area contributed by atoms with Crippen molar-refractivity contribution in [3.63, 3.8) is 0 Å². The second-order valence-corrected chi connectivity index (χ2v) is 5.09. The van der Waals surface area contributed by atoms with Crippen LogP contribution in [-0.4, -0.2) is 37.0 Å². The van der Waals surface area contributed by atoms with Crippen LogP contribution in [0.2, 0.25) is 0 Å². The van der Waals surface area contributed by atoms with Crippen LogP contribution < -0.4 is 17.3 Å². The monoisotopic (exact) mass is 319 g/mol. The van der Waals surface area contributed by atoms with E-state index in [9.17, 15) is 9.18 Å². The van der Waals surface area contributed by atoms with Gasteiger partial charge >= 0.3 is 0 Å². The van der Waals surface area contributed by atoms with Gasteiger partial charge in [0.05, 0.1) is 5.56 Å². The fourth-order valence-electron chi connectivity index (χ4n) is 2.61. The number of carbonyl (C=O) groups excluding carboxylic acids is 1. The molecule has 1 saturated heterocycles. The summed E-state index contributed by atoms with van der Waals surface area (Å²) in [5.74, 6) is -0.672. The van der Waals surface area contributed by atoms with E-state index in [2.05, 4.69) is 17.0 Å². The number of rotatable bonds is 2. The quantitative estimate of drug-likeness (QED) is 0.765. The predicted octanol–water partition coefficient (Wildman–Crippen LogP) is -0.208. The molecule has 116 valence electrons. The number of hydrogen-bond acceptors (Lipinski definition) is 2. The first kappa shape index (κ1) is 16.3. The molecule has 0 atom stereocenters. The lowest BCUT2D eigenvalue weighted by atomic mass is 10.1. The summed E-state index contributed by atoms with van der Waals surface area (Å²) < 4.78 is 13.7. The van der Waals surface area contributed by atoms with Gasteiger partial charge in [-0.1, -0.05) is 30.3 Å². The first-order valence-corrected chi connectivity index (χ1v) is 7.09. The molecule has 1 amide bonds. The Morgan fingerprint density at radius 2 is 1.45 bits per heavy atom. The molecule has 3 nitrogen and oxygen atoms in total. The van der Waals surface area contributed by atoms with Crippen molar-refractivity contribution < 1.29 is 21.6 Å². The third-order valence-corrected chi connectivity index (χ3v) is 3.79. The molecule has 2 aromatic rings. The van der Waals surface area contributed by atoms with Crippen molar-refractivity contribution in [3.8, 4) is 0 Å². The van der Waals surface area contributed by atoms with Gasteiger partial charge in [0.15, 0.2) is 0 Å². The van der Waals surface area contributed by atoms with E-state index in [1.54, 1.807) is 23.1 Å². The Bertz CT molecular complexity index is 628. The summed E-state index contributed by atoms with van der Waals surface area (Å²) in [5.41, 5.74) is 1.32. The zero-order valence-corrected chi connectivity index (χ0v) is 12.8. The first-order valence-electron chi connectivity index (χ1n) is 7.09. The molecule has 0 spiro atoms. The molecule has 1 fully saturated rings. The normalized spacial score (nSPS) is 14.4. The van der Waals surface area contributed by atoms with Gasteiger partial charge in [-0.05, 0) is 24.3 Å². The van der Waals surface area contributed by atoms with Crippen molar-refractivity contribution in [1.29, 1.82) is 0 Å². The summed E-state index contributed by atoms with van der Waals surface area (Å²) >= 11 is 0. The molecule has 0 unspecified atom stereocenters. The van der Waals surface area contributed by atoms with Crippen LogP contribution in [0, 0.1) is 5.82 Å². The lowest BCUT2D eigenvalue weighted by Gasteiger charge is -2.36. The summed E-state index contributed by atoms with van der Waals surface area (Å²) in [6, 6.07) is 16.3. The van der Waals surface area contributed by atoms with Gasteiger partial charge in [0, 0.05) is 31.9 Å². The zero-order valence-electron chi connectivity index (χ0n) is 12.1. The molecule has 0 radical (unpaired) electrons. The largest absolute Gasteiger partial charge is 1.00 e. The van der Waals surface area contributed by atoms with Gasteiger partial charge in [0.2, 0.25) is 0 Å². The first-order chi connectivity index (χ1) is 10.3. The van der Waals surface area contributed by atoms with E-state index in [1.165, 1.54) is 6.07 Å². The Kier molecular flexibility index (Phi) is 5.39. The van der Waals surface area contributed by atoms with E-state index < -0.39 is 5.82 Å².